The van der Waals surface area contributed by atoms with E-state index >= 15 is 0 Å². The van der Waals surface area contributed by atoms with E-state index in [-0.39, 0.29) is 19.6 Å². The van der Waals surface area contributed by atoms with E-state index in [4.69, 9.17) is 31.2 Å². The fourth-order valence-electron chi connectivity index (χ4n) is 4.74. The Morgan fingerprint density at radius 1 is 0.903 bits per heavy atom. The summed E-state index contributed by atoms with van der Waals surface area (Å²) in [6.45, 7) is 2.84. The largest absolute Gasteiger partial charge is 0.454 e. The molecule has 158 valence electrons. The number of allylic oxidation sites excluding steroid dienone is 1. The topological polar surface area (TPSA) is 61.0 Å². The first kappa shape index (κ1) is 18.6. The molecule has 0 spiro atoms. The van der Waals surface area contributed by atoms with Gasteiger partial charge in [0.25, 0.3) is 0 Å². The maximum absolute atomic E-state index is 5.60. The summed E-state index contributed by atoms with van der Waals surface area (Å²) in [6, 6.07) is 12.2. The molecule has 3 aliphatic heterocycles. The fraction of sp³-hybridized carbons (Fsp3) is 0.292. The van der Waals surface area contributed by atoms with Gasteiger partial charge in [-0.1, -0.05) is 19.1 Å². The van der Waals surface area contributed by atoms with E-state index < -0.39 is 0 Å². The van der Waals surface area contributed by atoms with Gasteiger partial charge in [0.2, 0.25) is 13.6 Å². The summed E-state index contributed by atoms with van der Waals surface area (Å²) >= 11 is 5.59. The molecule has 0 amide bonds. The predicted octanol–water partition coefficient (Wildman–Crippen LogP) is 4.43. The second kappa shape index (κ2) is 7.20. The molecular weight excluding hydrogens is 412 g/mol. The van der Waals surface area contributed by atoms with E-state index in [1.54, 1.807) is 0 Å². The zero-order valence-electron chi connectivity index (χ0n) is 17.1. The van der Waals surface area contributed by atoms with Gasteiger partial charge in [0.1, 0.15) is 0 Å². The van der Waals surface area contributed by atoms with Crippen LogP contribution in [0.15, 0.2) is 53.2 Å². The summed E-state index contributed by atoms with van der Waals surface area (Å²) in [6.07, 6.45) is 4.21. The lowest BCUT2D eigenvalue weighted by Gasteiger charge is -2.38. The molecule has 6 nitrogen and oxygen atoms in total. The molecule has 3 heterocycles. The Hall–Kier alpha value is -3.19. The first-order chi connectivity index (χ1) is 15.1. The first-order valence-corrected chi connectivity index (χ1v) is 10.9. The smallest absolute Gasteiger partial charge is 0.231 e. The highest BCUT2D eigenvalue weighted by Crippen LogP contribution is 2.43. The van der Waals surface area contributed by atoms with Crippen molar-refractivity contribution in [1.29, 1.82) is 0 Å². The van der Waals surface area contributed by atoms with Crippen molar-refractivity contribution in [3.63, 3.8) is 0 Å². The van der Waals surface area contributed by atoms with Crippen molar-refractivity contribution in [1.82, 2.24) is 10.6 Å². The number of rotatable bonds is 2. The molecule has 7 heteroatoms. The van der Waals surface area contributed by atoms with Crippen molar-refractivity contribution < 1.29 is 18.9 Å². The van der Waals surface area contributed by atoms with Gasteiger partial charge in [-0.3, -0.25) is 0 Å². The van der Waals surface area contributed by atoms with E-state index in [2.05, 4.69) is 41.8 Å². The van der Waals surface area contributed by atoms with E-state index in [9.17, 15) is 0 Å². The second-order valence-electron chi connectivity index (χ2n) is 8.34. The molecule has 0 radical (unpaired) electrons. The molecule has 0 saturated heterocycles. The van der Waals surface area contributed by atoms with Gasteiger partial charge in [0.15, 0.2) is 28.1 Å². The van der Waals surface area contributed by atoms with Gasteiger partial charge in [0.05, 0.1) is 6.04 Å². The molecule has 1 aliphatic carbocycles. The van der Waals surface area contributed by atoms with E-state index in [1.165, 1.54) is 11.1 Å². The van der Waals surface area contributed by atoms with Crippen LogP contribution in [0.1, 0.15) is 36.9 Å². The lowest BCUT2D eigenvalue weighted by atomic mass is 9.78. The first-order valence-electron chi connectivity index (χ1n) is 10.4. The lowest BCUT2D eigenvalue weighted by Crippen LogP contribution is -2.45. The van der Waals surface area contributed by atoms with Crippen molar-refractivity contribution in [2.75, 3.05) is 13.6 Å². The van der Waals surface area contributed by atoms with Crippen LogP contribution in [-0.2, 0) is 0 Å². The standard InChI is InChI=1S/C24H22N2O4S/c1-13-6-16(8-14-2-4-18-20(9-14)29-11-27-18)23-17(7-13)22(25-24(31)26-23)15-3-5-19-21(10-15)30-12-28-19/h2-5,8-10,13,22H,6-7,11-12H2,1H3,(H2,25,26,31)/b16-8+. The molecule has 0 saturated carbocycles. The molecule has 2 N–H and O–H groups in total. The summed E-state index contributed by atoms with van der Waals surface area (Å²) in [4.78, 5) is 0. The molecule has 0 bridgehead atoms. The van der Waals surface area contributed by atoms with Crippen LogP contribution in [0.3, 0.4) is 0 Å². The number of benzene rings is 2. The van der Waals surface area contributed by atoms with Gasteiger partial charge in [0, 0.05) is 5.70 Å². The van der Waals surface area contributed by atoms with Crippen molar-refractivity contribution in [2.24, 2.45) is 5.92 Å². The van der Waals surface area contributed by atoms with Gasteiger partial charge >= 0.3 is 0 Å². The molecule has 2 aromatic carbocycles. The van der Waals surface area contributed by atoms with Crippen LogP contribution < -0.4 is 29.6 Å². The third-order valence-corrected chi connectivity index (χ3v) is 6.33. The SMILES string of the molecule is CC1CC2=C(NC(=S)NC2c2ccc3c(c2)OCO3)/C(=C/c2ccc3c(c2)OCO3)C1. The molecule has 0 fully saturated rings. The van der Waals surface area contributed by atoms with E-state index in [0.717, 1.165) is 52.7 Å². The minimum Gasteiger partial charge on any atom is -0.454 e. The van der Waals surface area contributed by atoms with E-state index in [1.807, 2.05) is 18.2 Å². The highest BCUT2D eigenvalue weighted by atomic mass is 32.1. The Labute approximate surface area is 185 Å². The van der Waals surface area contributed by atoms with Crippen LogP contribution in [0.25, 0.3) is 6.08 Å². The summed E-state index contributed by atoms with van der Waals surface area (Å²) in [7, 11) is 0. The Kier molecular flexibility index (Phi) is 4.31. The number of fused-ring (bicyclic) bond motifs is 2. The number of thiocarbonyl (C=S) groups is 1. The molecule has 31 heavy (non-hydrogen) atoms. The fourth-order valence-corrected chi connectivity index (χ4v) is 4.96. The van der Waals surface area contributed by atoms with Gasteiger partial charge in [-0.15, -0.1) is 0 Å². The van der Waals surface area contributed by atoms with Crippen LogP contribution in [0.4, 0.5) is 0 Å². The van der Waals surface area contributed by atoms with Crippen LogP contribution >= 0.6 is 12.2 Å². The zero-order chi connectivity index (χ0) is 20.9. The molecule has 2 unspecified atom stereocenters. The Bertz CT molecular complexity index is 1160. The van der Waals surface area contributed by atoms with Gasteiger partial charge in [-0.25, -0.2) is 0 Å². The van der Waals surface area contributed by atoms with Crippen molar-refractivity contribution in [3.05, 3.63) is 64.4 Å². The van der Waals surface area contributed by atoms with Crippen molar-refractivity contribution >= 4 is 23.4 Å². The average Bonchev–Trinajstić information content (AvgIpc) is 3.42. The third-order valence-electron chi connectivity index (χ3n) is 6.11. The number of nitrogens with one attached hydrogen (secondary N) is 2. The van der Waals surface area contributed by atoms with Crippen LogP contribution in [0, 0.1) is 5.92 Å². The molecule has 6 rings (SSSR count). The normalized spacial score (nSPS) is 24.7. The molecule has 0 aromatic heterocycles. The van der Waals surface area contributed by atoms with Crippen LogP contribution in [-0.4, -0.2) is 18.7 Å². The van der Waals surface area contributed by atoms with Crippen LogP contribution in [0.5, 0.6) is 23.0 Å². The molecule has 2 aromatic rings. The monoisotopic (exact) mass is 434 g/mol. The summed E-state index contributed by atoms with van der Waals surface area (Å²) in [5, 5.41) is 7.53. The Balaban J connectivity index is 1.41. The third kappa shape index (κ3) is 3.29. The predicted molar refractivity (Wildman–Crippen MR) is 120 cm³/mol. The van der Waals surface area contributed by atoms with Crippen LogP contribution in [0.2, 0.25) is 0 Å². The maximum atomic E-state index is 5.60. The second-order valence-corrected chi connectivity index (χ2v) is 8.75. The molecule has 4 aliphatic rings. The highest BCUT2D eigenvalue weighted by molar-refractivity contribution is 7.80. The quantitative estimate of drug-likeness (QED) is 0.678. The lowest BCUT2D eigenvalue weighted by molar-refractivity contribution is 0.173. The minimum absolute atomic E-state index is 0.00107. The van der Waals surface area contributed by atoms with Gasteiger partial charge < -0.3 is 29.6 Å². The Morgan fingerprint density at radius 3 is 2.42 bits per heavy atom. The zero-order valence-corrected chi connectivity index (χ0v) is 17.9. The van der Waals surface area contributed by atoms with Crippen molar-refractivity contribution in [3.8, 4) is 23.0 Å². The summed E-state index contributed by atoms with van der Waals surface area (Å²) in [5.41, 5.74) is 5.91. The van der Waals surface area contributed by atoms with Gasteiger partial charge in [-0.2, -0.15) is 0 Å². The highest BCUT2D eigenvalue weighted by Gasteiger charge is 2.33. The summed E-state index contributed by atoms with van der Waals surface area (Å²) in [5.74, 6) is 3.68. The summed E-state index contributed by atoms with van der Waals surface area (Å²) < 4.78 is 22.1. The van der Waals surface area contributed by atoms with Gasteiger partial charge in [-0.05, 0) is 83.6 Å². The van der Waals surface area contributed by atoms with E-state index in [0.29, 0.717) is 11.0 Å². The Morgan fingerprint density at radius 2 is 1.61 bits per heavy atom. The maximum Gasteiger partial charge on any atom is 0.231 e. The minimum atomic E-state index is 0.00107. The molecular formula is C24H22N2O4S. The molecule has 2 atom stereocenters. The van der Waals surface area contributed by atoms with Crippen molar-refractivity contribution in [2.45, 2.75) is 25.8 Å². The number of hydrogen-bond donors (Lipinski definition) is 2. The number of ether oxygens (including phenoxy) is 4. The average molecular weight is 435 g/mol. The number of hydrogen-bond acceptors (Lipinski definition) is 5.